The van der Waals surface area contributed by atoms with Crippen molar-refractivity contribution in [2.75, 3.05) is 37.9 Å². The molecule has 2 saturated heterocycles. The largest absolute Gasteiger partial charge is 0.454 e. The maximum absolute atomic E-state index is 12.5. The number of likely N-dealkylation sites (tertiary alicyclic amines) is 1. The molecule has 1 aromatic heterocycles. The fourth-order valence-corrected chi connectivity index (χ4v) is 4.47. The number of pyridine rings is 1. The van der Waals surface area contributed by atoms with Gasteiger partial charge in [0.15, 0.2) is 11.5 Å². The minimum Gasteiger partial charge on any atom is -0.454 e. The minimum absolute atomic E-state index is 0.0526. The number of rotatable bonds is 3. The van der Waals surface area contributed by atoms with Gasteiger partial charge in [-0.1, -0.05) is 6.07 Å². The predicted molar refractivity (Wildman–Crippen MR) is 108 cm³/mol. The molecule has 0 spiro atoms. The third-order valence-corrected chi connectivity index (χ3v) is 6.12. The maximum Gasteiger partial charge on any atom is 0.255 e. The van der Waals surface area contributed by atoms with E-state index < -0.39 is 6.10 Å². The number of nitrogens with zero attached hydrogens (tertiary/aromatic N) is 3. The Morgan fingerprint density at radius 3 is 2.66 bits per heavy atom. The molecule has 4 heterocycles. The predicted octanol–water partition coefficient (Wildman–Crippen LogP) is 2.40. The first kappa shape index (κ1) is 18.2. The summed E-state index contributed by atoms with van der Waals surface area (Å²) in [5.41, 5.74) is 1.70. The number of carbonyl (C=O) groups is 1. The van der Waals surface area contributed by atoms with Gasteiger partial charge in [-0.25, -0.2) is 4.98 Å². The number of aliphatic hydroxyl groups excluding tert-OH is 1. The number of aromatic nitrogens is 1. The molecule has 5 rings (SSSR count). The second-order valence-electron chi connectivity index (χ2n) is 7.93. The third kappa shape index (κ3) is 3.51. The number of carbonyl (C=O) groups excluding carboxylic acids is 1. The van der Waals surface area contributed by atoms with E-state index in [2.05, 4.69) is 9.88 Å². The number of piperidine rings is 1. The van der Waals surface area contributed by atoms with Crippen LogP contribution < -0.4 is 14.4 Å². The highest BCUT2D eigenvalue weighted by Gasteiger charge is 2.31. The van der Waals surface area contributed by atoms with E-state index in [1.54, 1.807) is 6.20 Å². The van der Waals surface area contributed by atoms with Gasteiger partial charge in [0.1, 0.15) is 5.82 Å². The summed E-state index contributed by atoms with van der Waals surface area (Å²) in [7, 11) is 0. The van der Waals surface area contributed by atoms with Gasteiger partial charge in [-0.3, -0.25) is 4.79 Å². The second kappa shape index (κ2) is 7.55. The van der Waals surface area contributed by atoms with Crippen LogP contribution in [0.25, 0.3) is 0 Å². The first-order valence-corrected chi connectivity index (χ1v) is 10.3. The fraction of sp³-hybridized carbons (Fsp3) is 0.455. The number of aliphatic hydroxyl groups is 1. The Morgan fingerprint density at radius 1 is 1.07 bits per heavy atom. The van der Waals surface area contributed by atoms with Crippen molar-refractivity contribution in [2.24, 2.45) is 0 Å². The molecule has 152 valence electrons. The monoisotopic (exact) mass is 395 g/mol. The Morgan fingerprint density at radius 2 is 1.90 bits per heavy atom. The molecule has 3 aliphatic heterocycles. The molecule has 29 heavy (non-hydrogen) atoms. The first-order valence-electron chi connectivity index (χ1n) is 10.3. The molecule has 3 aliphatic rings. The van der Waals surface area contributed by atoms with Gasteiger partial charge < -0.3 is 24.4 Å². The molecule has 2 aromatic rings. The Balaban J connectivity index is 1.25. The van der Waals surface area contributed by atoms with E-state index in [4.69, 9.17) is 9.47 Å². The Kier molecular flexibility index (Phi) is 4.75. The summed E-state index contributed by atoms with van der Waals surface area (Å²) in [5.74, 6) is 2.41. The number of benzene rings is 1. The van der Waals surface area contributed by atoms with E-state index in [0.717, 1.165) is 61.8 Å². The van der Waals surface area contributed by atoms with Gasteiger partial charge >= 0.3 is 0 Å². The number of anilines is 1. The zero-order valence-electron chi connectivity index (χ0n) is 16.3. The lowest BCUT2D eigenvalue weighted by molar-refractivity contribution is 0.0792. The van der Waals surface area contributed by atoms with E-state index in [1.807, 2.05) is 35.2 Å². The number of hydrogen-bond acceptors (Lipinski definition) is 6. The summed E-state index contributed by atoms with van der Waals surface area (Å²) in [6, 6.07) is 9.63. The molecule has 0 bridgehead atoms. The lowest BCUT2D eigenvalue weighted by Gasteiger charge is -2.37. The van der Waals surface area contributed by atoms with Crippen molar-refractivity contribution in [1.29, 1.82) is 0 Å². The molecule has 1 aromatic carbocycles. The van der Waals surface area contributed by atoms with Crippen LogP contribution >= 0.6 is 0 Å². The highest BCUT2D eigenvalue weighted by Crippen LogP contribution is 2.38. The zero-order chi connectivity index (χ0) is 19.8. The summed E-state index contributed by atoms with van der Waals surface area (Å²) in [6.45, 7) is 3.22. The van der Waals surface area contributed by atoms with Gasteiger partial charge in [-0.15, -0.1) is 0 Å². The van der Waals surface area contributed by atoms with Crippen molar-refractivity contribution >= 4 is 11.7 Å². The van der Waals surface area contributed by atoms with Gasteiger partial charge in [0.05, 0.1) is 11.7 Å². The van der Waals surface area contributed by atoms with Crippen LogP contribution in [-0.4, -0.2) is 60.0 Å². The molecule has 7 heteroatoms. The number of β-amino-alcohol motifs (C(OH)–C–C–N with tert-alkyl or cyclic N) is 1. The number of amides is 1. The molecule has 1 N–H and O–H groups in total. The minimum atomic E-state index is -0.503. The quantitative estimate of drug-likeness (QED) is 0.860. The van der Waals surface area contributed by atoms with Crippen LogP contribution in [0.5, 0.6) is 11.5 Å². The Bertz CT molecular complexity index is 895. The van der Waals surface area contributed by atoms with E-state index in [9.17, 15) is 9.90 Å². The van der Waals surface area contributed by atoms with E-state index in [1.165, 1.54) is 0 Å². The highest BCUT2D eigenvalue weighted by atomic mass is 16.7. The van der Waals surface area contributed by atoms with Gasteiger partial charge in [0.25, 0.3) is 5.91 Å². The fourth-order valence-electron chi connectivity index (χ4n) is 4.47. The van der Waals surface area contributed by atoms with Gasteiger partial charge in [-0.2, -0.15) is 0 Å². The average Bonchev–Trinajstić information content (AvgIpc) is 3.45. The van der Waals surface area contributed by atoms with Crippen molar-refractivity contribution in [1.82, 2.24) is 9.88 Å². The standard InChI is InChI=1S/C22H25N3O4/c26-18-13-25(10-7-17(18)15-3-5-19-20(11-15)29-14-28-19)21-6-4-16(12-23-21)22(27)24-8-1-2-9-24/h3-6,11-12,17-18,26H,1-2,7-10,13-14H2/t17-,18+/m0/s1. The molecule has 1 amide bonds. The summed E-state index contributed by atoms with van der Waals surface area (Å²) < 4.78 is 10.8. The smallest absolute Gasteiger partial charge is 0.255 e. The van der Waals surface area contributed by atoms with Crippen molar-refractivity contribution in [3.05, 3.63) is 47.7 Å². The summed E-state index contributed by atoms with van der Waals surface area (Å²) in [6.07, 6.45) is 4.13. The maximum atomic E-state index is 12.5. The molecule has 0 radical (unpaired) electrons. The van der Waals surface area contributed by atoms with Crippen LogP contribution in [0.1, 0.15) is 41.1 Å². The van der Waals surface area contributed by atoms with Gasteiger partial charge in [-0.05, 0) is 49.1 Å². The molecule has 2 fully saturated rings. The highest BCUT2D eigenvalue weighted by molar-refractivity contribution is 5.94. The molecule has 2 atom stereocenters. The van der Waals surface area contributed by atoms with Crippen molar-refractivity contribution < 1.29 is 19.4 Å². The normalized spacial score (nSPS) is 23.5. The third-order valence-electron chi connectivity index (χ3n) is 6.12. The topological polar surface area (TPSA) is 75.1 Å². The Hall–Kier alpha value is -2.80. The van der Waals surface area contributed by atoms with Crippen LogP contribution in [0.4, 0.5) is 5.82 Å². The second-order valence-corrected chi connectivity index (χ2v) is 7.93. The summed E-state index contributed by atoms with van der Waals surface area (Å²) >= 11 is 0. The Labute approximate surface area is 169 Å². The molecule has 0 saturated carbocycles. The van der Waals surface area contributed by atoms with E-state index in [0.29, 0.717) is 12.1 Å². The van der Waals surface area contributed by atoms with Crippen LogP contribution in [0.15, 0.2) is 36.5 Å². The van der Waals surface area contributed by atoms with E-state index >= 15 is 0 Å². The van der Waals surface area contributed by atoms with Crippen LogP contribution in [-0.2, 0) is 0 Å². The van der Waals surface area contributed by atoms with Crippen LogP contribution in [0.3, 0.4) is 0 Å². The van der Waals surface area contributed by atoms with Crippen molar-refractivity contribution in [3.8, 4) is 11.5 Å². The van der Waals surface area contributed by atoms with Crippen molar-refractivity contribution in [2.45, 2.75) is 31.3 Å². The number of fused-ring (bicyclic) bond motifs is 1. The van der Waals surface area contributed by atoms with Gasteiger partial charge in [0.2, 0.25) is 6.79 Å². The van der Waals surface area contributed by atoms with Crippen molar-refractivity contribution in [3.63, 3.8) is 0 Å². The average molecular weight is 395 g/mol. The first-order chi connectivity index (χ1) is 14.2. The van der Waals surface area contributed by atoms with Crippen LogP contribution in [0, 0.1) is 0 Å². The van der Waals surface area contributed by atoms with Gasteiger partial charge in [0, 0.05) is 38.3 Å². The molecule has 0 aliphatic carbocycles. The SMILES string of the molecule is O=C(c1ccc(N2CC[C@@H](c3ccc4c(c3)OCO4)[C@H](O)C2)nc1)N1CCCC1. The lowest BCUT2D eigenvalue weighted by atomic mass is 9.87. The van der Waals surface area contributed by atoms with E-state index in [-0.39, 0.29) is 18.6 Å². The number of ether oxygens (including phenoxy) is 2. The van der Waals surface area contributed by atoms with Crippen LogP contribution in [0.2, 0.25) is 0 Å². The molecule has 0 unspecified atom stereocenters. The summed E-state index contributed by atoms with van der Waals surface area (Å²) in [4.78, 5) is 21.0. The lowest BCUT2D eigenvalue weighted by Crippen LogP contribution is -2.43. The number of hydrogen-bond donors (Lipinski definition) is 1. The molecular weight excluding hydrogens is 370 g/mol. The summed E-state index contributed by atoms with van der Waals surface area (Å²) in [5, 5.41) is 10.8. The molecular formula is C22H25N3O4. The molecule has 7 nitrogen and oxygen atoms in total. The zero-order valence-corrected chi connectivity index (χ0v) is 16.3.